The van der Waals surface area contributed by atoms with Gasteiger partial charge in [0.2, 0.25) is 0 Å². The Labute approximate surface area is 181 Å². The normalized spacial score (nSPS) is 15.6. The number of para-hydroxylation sites is 1. The van der Waals surface area contributed by atoms with Crippen molar-refractivity contribution in [2.75, 3.05) is 46.9 Å². The molecule has 1 aliphatic heterocycles. The molecule has 2 rings (SSSR count). The van der Waals surface area contributed by atoms with Gasteiger partial charge in [0, 0.05) is 25.1 Å². The fraction of sp³-hybridized carbons (Fsp3) is 0.652. The SMILES string of the molecule is CCNC(=NCC(c1ccccc1OC)N1CCCC1)NCCCCCC(=O)OC. The fourth-order valence-corrected chi connectivity index (χ4v) is 3.80. The molecule has 1 aromatic carbocycles. The lowest BCUT2D eigenvalue weighted by Gasteiger charge is -2.28. The van der Waals surface area contributed by atoms with Crippen molar-refractivity contribution >= 4 is 11.9 Å². The highest BCUT2D eigenvalue weighted by Crippen LogP contribution is 2.31. The van der Waals surface area contributed by atoms with E-state index in [1.165, 1.54) is 25.5 Å². The standard InChI is InChI=1S/C23H38N4O3/c1-4-24-23(25-15-9-5-6-14-22(28)30-3)26-18-20(27-16-10-11-17-27)19-12-7-8-13-21(19)29-2/h7-8,12-13,20H,4-6,9-11,14-18H2,1-3H3,(H2,24,25,26). The van der Waals surface area contributed by atoms with E-state index >= 15 is 0 Å². The minimum Gasteiger partial charge on any atom is -0.496 e. The second-order valence-electron chi connectivity index (χ2n) is 7.53. The third-order valence-corrected chi connectivity index (χ3v) is 5.42. The number of hydrogen-bond acceptors (Lipinski definition) is 5. The Morgan fingerprint density at radius 3 is 2.60 bits per heavy atom. The topological polar surface area (TPSA) is 75.2 Å². The van der Waals surface area contributed by atoms with Gasteiger partial charge in [-0.3, -0.25) is 14.7 Å². The Morgan fingerprint density at radius 2 is 1.90 bits per heavy atom. The average Bonchev–Trinajstić information content (AvgIpc) is 3.30. The number of carbonyl (C=O) groups excluding carboxylic acids is 1. The zero-order valence-corrected chi connectivity index (χ0v) is 18.8. The Kier molecular flexibility index (Phi) is 11.1. The molecule has 1 aromatic rings. The summed E-state index contributed by atoms with van der Waals surface area (Å²) in [5.74, 6) is 1.62. The number of benzene rings is 1. The summed E-state index contributed by atoms with van der Waals surface area (Å²) in [7, 11) is 3.17. The quantitative estimate of drug-likeness (QED) is 0.235. The van der Waals surface area contributed by atoms with Gasteiger partial charge in [0.05, 0.1) is 26.8 Å². The smallest absolute Gasteiger partial charge is 0.305 e. The maximum Gasteiger partial charge on any atom is 0.305 e. The van der Waals surface area contributed by atoms with Gasteiger partial charge < -0.3 is 20.1 Å². The summed E-state index contributed by atoms with van der Waals surface area (Å²) >= 11 is 0. The molecule has 0 bridgehead atoms. The summed E-state index contributed by atoms with van der Waals surface area (Å²) in [6, 6.07) is 8.47. The molecule has 1 atom stereocenters. The zero-order chi connectivity index (χ0) is 21.6. The maximum absolute atomic E-state index is 11.2. The van der Waals surface area contributed by atoms with Crippen LogP contribution >= 0.6 is 0 Å². The summed E-state index contributed by atoms with van der Waals surface area (Å²) in [6.07, 6.45) is 5.79. The maximum atomic E-state index is 11.2. The minimum atomic E-state index is -0.137. The van der Waals surface area contributed by atoms with Crippen LogP contribution in [0.5, 0.6) is 5.75 Å². The predicted octanol–water partition coefficient (Wildman–Crippen LogP) is 3.12. The second kappa shape index (κ2) is 13.9. The fourth-order valence-electron chi connectivity index (χ4n) is 3.80. The van der Waals surface area contributed by atoms with Crippen LogP contribution in [0.25, 0.3) is 0 Å². The van der Waals surface area contributed by atoms with Gasteiger partial charge in [-0.2, -0.15) is 0 Å². The van der Waals surface area contributed by atoms with Gasteiger partial charge in [-0.25, -0.2) is 0 Å². The van der Waals surface area contributed by atoms with E-state index in [1.807, 2.05) is 12.1 Å². The number of likely N-dealkylation sites (tertiary alicyclic amines) is 1. The number of rotatable bonds is 12. The largest absolute Gasteiger partial charge is 0.496 e. The van der Waals surface area contributed by atoms with E-state index in [4.69, 9.17) is 9.73 Å². The van der Waals surface area contributed by atoms with Crippen molar-refractivity contribution in [2.24, 2.45) is 4.99 Å². The van der Waals surface area contributed by atoms with Crippen LogP contribution in [-0.2, 0) is 9.53 Å². The summed E-state index contributed by atoms with van der Waals surface area (Å²) in [6.45, 7) is 6.60. The van der Waals surface area contributed by atoms with Crippen LogP contribution in [-0.4, -0.2) is 63.8 Å². The van der Waals surface area contributed by atoms with E-state index in [-0.39, 0.29) is 12.0 Å². The molecule has 0 aliphatic carbocycles. The van der Waals surface area contributed by atoms with Crippen molar-refractivity contribution in [1.29, 1.82) is 0 Å². The molecule has 0 spiro atoms. The lowest BCUT2D eigenvalue weighted by atomic mass is 10.0. The molecule has 0 radical (unpaired) electrons. The number of nitrogens with one attached hydrogen (secondary N) is 2. The van der Waals surface area contributed by atoms with E-state index in [1.54, 1.807) is 7.11 Å². The first-order valence-corrected chi connectivity index (χ1v) is 11.2. The van der Waals surface area contributed by atoms with Crippen molar-refractivity contribution in [3.05, 3.63) is 29.8 Å². The molecule has 1 heterocycles. The molecule has 0 amide bonds. The first-order valence-electron chi connectivity index (χ1n) is 11.2. The highest BCUT2D eigenvalue weighted by Gasteiger charge is 2.25. The van der Waals surface area contributed by atoms with Gasteiger partial charge in [0.15, 0.2) is 5.96 Å². The summed E-state index contributed by atoms with van der Waals surface area (Å²) in [5, 5.41) is 6.76. The predicted molar refractivity (Wildman–Crippen MR) is 121 cm³/mol. The molecule has 1 aliphatic rings. The Morgan fingerprint density at radius 1 is 1.13 bits per heavy atom. The van der Waals surface area contributed by atoms with E-state index in [9.17, 15) is 4.79 Å². The molecule has 0 saturated carbocycles. The van der Waals surface area contributed by atoms with Crippen LogP contribution in [0, 0.1) is 0 Å². The van der Waals surface area contributed by atoms with E-state index in [0.717, 1.165) is 57.2 Å². The van der Waals surface area contributed by atoms with Gasteiger partial charge in [-0.1, -0.05) is 24.6 Å². The third kappa shape index (κ3) is 7.86. The van der Waals surface area contributed by atoms with Crippen LogP contribution in [0.4, 0.5) is 0 Å². The number of aliphatic imine (C=N–C) groups is 1. The Hall–Kier alpha value is -2.28. The molecule has 1 fully saturated rings. The number of carbonyl (C=O) groups is 1. The lowest BCUT2D eigenvalue weighted by Crippen LogP contribution is -2.39. The lowest BCUT2D eigenvalue weighted by molar-refractivity contribution is -0.140. The molecule has 30 heavy (non-hydrogen) atoms. The summed E-state index contributed by atoms with van der Waals surface area (Å²) in [5.41, 5.74) is 1.20. The highest BCUT2D eigenvalue weighted by molar-refractivity contribution is 5.79. The molecule has 1 saturated heterocycles. The number of esters is 1. The van der Waals surface area contributed by atoms with E-state index in [2.05, 4.69) is 39.3 Å². The van der Waals surface area contributed by atoms with Crippen molar-refractivity contribution < 1.29 is 14.3 Å². The van der Waals surface area contributed by atoms with E-state index in [0.29, 0.717) is 13.0 Å². The van der Waals surface area contributed by atoms with Gasteiger partial charge >= 0.3 is 5.97 Å². The highest BCUT2D eigenvalue weighted by atomic mass is 16.5. The average molecular weight is 419 g/mol. The van der Waals surface area contributed by atoms with Crippen LogP contribution in [0.1, 0.15) is 57.1 Å². The first kappa shape index (κ1) is 24.0. The third-order valence-electron chi connectivity index (χ3n) is 5.42. The van der Waals surface area contributed by atoms with Crippen molar-refractivity contribution in [3.8, 4) is 5.75 Å². The Bertz CT molecular complexity index is 660. The van der Waals surface area contributed by atoms with Gasteiger partial charge in [-0.15, -0.1) is 0 Å². The van der Waals surface area contributed by atoms with E-state index < -0.39 is 0 Å². The minimum absolute atomic E-state index is 0.137. The Balaban J connectivity index is 1.95. The molecular formula is C23H38N4O3. The molecule has 1 unspecified atom stereocenters. The number of guanidine groups is 1. The monoisotopic (exact) mass is 418 g/mol. The van der Waals surface area contributed by atoms with Crippen LogP contribution < -0.4 is 15.4 Å². The number of unbranched alkanes of at least 4 members (excludes halogenated alkanes) is 2. The second-order valence-corrected chi connectivity index (χ2v) is 7.53. The zero-order valence-electron chi connectivity index (χ0n) is 18.8. The molecule has 2 N–H and O–H groups in total. The van der Waals surface area contributed by atoms with Crippen LogP contribution in [0.15, 0.2) is 29.3 Å². The molecule has 168 valence electrons. The summed E-state index contributed by atoms with van der Waals surface area (Å²) < 4.78 is 10.3. The summed E-state index contributed by atoms with van der Waals surface area (Å²) in [4.78, 5) is 18.6. The van der Waals surface area contributed by atoms with Gasteiger partial charge in [-0.05, 0) is 51.8 Å². The molecule has 7 heteroatoms. The number of hydrogen-bond donors (Lipinski definition) is 2. The van der Waals surface area contributed by atoms with Crippen LogP contribution in [0.3, 0.4) is 0 Å². The van der Waals surface area contributed by atoms with Crippen molar-refractivity contribution in [1.82, 2.24) is 15.5 Å². The molecular weight excluding hydrogens is 380 g/mol. The number of ether oxygens (including phenoxy) is 2. The van der Waals surface area contributed by atoms with Crippen LogP contribution in [0.2, 0.25) is 0 Å². The number of methoxy groups -OCH3 is 2. The molecule has 7 nitrogen and oxygen atoms in total. The molecule has 0 aromatic heterocycles. The van der Waals surface area contributed by atoms with Gasteiger partial charge in [0.1, 0.15) is 5.75 Å². The first-order chi connectivity index (χ1) is 14.7. The van der Waals surface area contributed by atoms with Gasteiger partial charge in [0.25, 0.3) is 0 Å². The number of nitrogens with zero attached hydrogens (tertiary/aromatic N) is 2. The van der Waals surface area contributed by atoms with Crippen molar-refractivity contribution in [3.63, 3.8) is 0 Å². The van der Waals surface area contributed by atoms with Crippen molar-refractivity contribution in [2.45, 2.75) is 51.5 Å².